The van der Waals surface area contributed by atoms with Crippen LogP contribution in [0.5, 0.6) is 0 Å². The van der Waals surface area contributed by atoms with Crippen LogP contribution in [-0.4, -0.2) is 46.0 Å². The van der Waals surface area contributed by atoms with Gasteiger partial charge in [-0.1, -0.05) is 255 Å². The average molecular weight is 1050 g/mol. The summed E-state index contributed by atoms with van der Waals surface area (Å²) in [4.78, 5) is 88.3. The summed E-state index contributed by atoms with van der Waals surface area (Å²) in [5.41, 5.74) is -5.18. The van der Waals surface area contributed by atoms with Gasteiger partial charge in [0, 0.05) is 66.8 Å². The van der Waals surface area contributed by atoms with Gasteiger partial charge in [-0.3, -0.25) is 24.0 Å². The Morgan fingerprint density at radius 2 is 0.506 bits per heavy atom. The maximum absolute atomic E-state index is 16.1. The van der Waals surface area contributed by atoms with Gasteiger partial charge < -0.3 is 19.3 Å². The summed E-state index contributed by atoms with van der Waals surface area (Å²) in [5.74, 6) is -4.87. The van der Waals surface area contributed by atoms with E-state index in [4.69, 9.17) is 14.2 Å². The highest BCUT2D eigenvalue weighted by atomic mass is 16.6. The van der Waals surface area contributed by atoms with Crippen molar-refractivity contribution in [1.82, 2.24) is 0 Å². The fourth-order valence-electron chi connectivity index (χ4n) is 10.6. The quantitative estimate of drug-likeness (QED) is 0.0338. The maximum Gasteiger partial charge on any atom is 0.340 e. The van der Waals surface area contributed by atoms with Gasteiger partial charge in [-0.2, -0.15) is 0 Å². The van der Waals surface area contributed by atoms with E-state index in [-0.39, 0.29) is 50.7 Å². The van der Waals surface area contributed by atoms with Crippen molar-refractivity contribution in [1.29, 1.82) is 0 Å². The second kappa shape index (κ2) is 23.3. The van der Waals surface area contributed by atoms with Crippen LogP contribution in [-0.2, 0) is 45.4 Å². The molecule has 0 aliphatic carbocycles. The van der Waals surface area contributed by atoms with Gasteiger partial charge in [0.1, 0.15) is 0 Å². The van der Waals surface area contributed by atoms with Crippen LogP contribution in [0.15, 0.2) is 255 Å². The smallest absolute Gasteiger partial charge is 0.340 e. The summed E-state index contributed by atoms with van der Waals surface area (Å²) in [6, 6.07) is 72.4. The summed E-state index contributed by atoms with van der Waals surface area (Å²) in [6.07, 6.45) is -2.46. The first kappa shape index (κ1) is 54.2. The zero-order valence-electron chi connectivity index (χ0n) is 43.8. The Morgan fingerprint density at radius 1 is 0.304 bits per heavy atom. The first-order chi connectivity index (χ1) is 38.2. The number of rotatable bonds is 20. The van der Waals surface area contributed by atoms with E-state index in [2.05, 4.69) is 0 Å². The molecule has 10 heteroatoms. The van der Waals surface area contributed by atoms with Gasteiger partial charge in [-0.15, -0.1) is 0 Å². The van der Waals surface area contributed by atoms with Gasteiger partial charge in [0.15, 0.2) is 39.8 Å². The molecule has 0 aliphatic heterocycles. The minimum absolute atomic E-state index is 0.185. The van der Waals surface area contributed by atoms with E-state index in [1.807, 2.05) is 0 Å². The minimum atomic E-state index is -3.16. The highest BCUT2D eigenvalue weighted by Gasteiger charge is 2.53. The molecule has 9 rings (SSSR count). The predicted molar refractivity (Wildman–Crippen MR) is 300 cm³/mol. The van der Waals surface area contributed by atoms with Crippen molar-refractivity contribution in [3.63, 3.8) is 0 Å². The van der Waals surface area contributed by atoms with E-state index in [1.54, 1.807) is 255 Å². The molecule has 0 atom stereocenters. The lowest BCUT2D eigenvalue weighted by atomic mass is 9.77. The fourth-order valence-corrected chi connectivity index (χ4v) is 10.6. The standard InChI is InChI=1S/C69H56O10/c1-48(70)57-40-22-25-43-60(57)67(51-28-10-4-11-29-51,52-30-12-5-13-31-52)77-63(73)46-66(76,65(75)79-69(55-36-18-8-19-37-55,56-38-20-9-21-39-56)62-45-27-24-42-59(62)50(3)72)47-64(74)78-68(53-32-14-6-15-33-53,54-34-16-7-17-35-54)61-44-26-23-41-58(61)49(2)71/h4-45,76H,46-47H2,1-3H3. The van der Waals surface area contributed by atoms with Gasteiger partial charge in [-0.25, -0.2) is 4.79 Å². The number of hydrogen-bond donors (Lipinski definition) is 1. The molecule has 0 aliphatic rings. The lowest BCUT2D eigenvalue weighted by Crippen LogP contribution is -2.50. The van der Waals surface area contributed by atoms with Crippen molar-refractivity contribution in [2.45, 2.75) is 56.0 Å². The van der Waals surface area contributed by atoms with E-state index in [1.165, 1.54) is 20.8 Å². The molecule has 0 unspecified atom stereocenters. The summed E-state index contributed by atoms with van der Waals surface area (Å²) < 4.78 is 20.5. The molecule has 0 spiro atoms. The Hall–Kier alpha value is -9.64. The van der Waals surface area contributed by atoms with Crippen LogP contribution in [0.25, 0.3) is 0 Å². The molecule has 0 amide bonds. The number of hydrogen-bond acceptors (Lipinski definition) is 10. The van der Waals surface area contributed by atoms with Crippen molar-refractivity contribution >= 4 is 35.3 Å². The largest absolute Gasteiger partial charge is 0.444 e. The van der Waals surface area contributed by atoms with Gasteiger partial charge in [0.05, 0.1) is 12.8 Å². The van der Waals surface area contributed by atoms with E-state index >= 15 is 14.4 Å². The second-order valence-electron chi connectivity index (χ2n) is 19.3. The fraction of sp³-hybridized carbons (Fsp3) is 0.130. The zero-order chi connectivity index (χ0) is 55.6. The summed E-state index contributed by atoms with van der Waals surface area (Å²) in [5, 5.41) is 13.7. The van der Waals surface area contributed by atoms with E-state index in [9.17, 15) is 19.5 Å². The Kier molecular flexibility index (Phi) is 16.0. The van der Waals surface area contributed by atoms with Crippen LogP contribution in [0, 0.1) is 0 Å². The molecule has 10 nitrogen and oxygen atoms in total. The number of esters is 3. The lowest BCUT2D eigenvalue weighted by molar-refractivity contribution is -0.188. The molecule has 0 fully saturated rings. The first-order valence-corrected chi connectivity index (χ1v) is 25.8. The summed E-state index contributed by atoms with van der Waals surface area (Å²) >= 11 is 0. The Morgan fingerprint density at radius 3 is 0.734 bits per heavy atom. The van der Waals surface area contributed by atoms with Crippen LogP contribution >= 0.6 is 0 Å². The van der Waals surface area contributed by atoms with E-state index < -0.39 is 53.2 Å². The third-order valence-electron chi connectivity index (χ3n) is 14.2. The van der Waals surface area contributed by atoms with Crippen LogP contribution in [0.1, 0.15) is 115 Å². The van der Waals surface area contributed by atoms with Crippen molar-refractivity contribution in [3.8, 4) is 0 Å². The predicted octanol–water partition coefficient (Wildman–Crippen LogP) is 12.7. The summed E-state index contributed by atoms with van der Waals surface area (Å²) in [7, 11) is 0. The zero-order valence-corrected chi connectivity index (χ0v) is 43.8. The molecule has 79 heavy (non-hydrogen) atoms. The van der Waals surface area contributed by atoms with Crippen molar-refractivity contribution in [2.24, 2.45) is 0 Å². The molecule has 0 radical (unpaired) electrons. The molecular weight excluding hydrogens is 989 g/mol. The van der Waals surface area contributed by atoms with E-state index in [0.717, 1.165) is 0 Å². The molecule has 9 aromatic carbocycles. The number of ketones is 3. The average Bonchev–Trinajstić information content (AvgIpc) is 3.68. The Balaban J connectivity index is 1.26. The maximum atomic E-state index is 16.1. The first-order valence-electron chi connectivity index (χ1n) is 25.8. The van der Waals surface area contributed by atoms with Crippen molar-refractivity contribution < 1.29 is 48.1 Å². The molecule has 1 N–H and O–H groups in total. The molecule has 0 saturated heterocycles. The molecule has 0 aromatic heterocycles. The molecule has 392 valence electrons. The molecule has 0 heterocycles. The SMILES string of the molecule is CC(=O)c1ccccc1C(OC(=O)CC(O)(CC(=O)OC(c1ccccc1)(c1ccccc1)c1ccccc1C(C)=O)C(=O)OC(c1ccccc1)(c1ccccc1)c1ccccc1C(C)=O)(c1ccccc1)c1ccccc1. The molecule has 9 aromatic rings. The molecular formula is C69H56O10. The van der Waals surface area contributed by atoms with Crippen LogP contribution in [0.4, 0.5) is 0 Å². The summed E-state index contributed by atoms with van der Waals surface area (Å²) in [6.45, 7) is 4.19. The van der Waals surface area contributed by atoms with Gasteiger partial charge in [0.25, 0.3) is 0 Å². The van der Waals surface area contributed by atoms with Crippen LogP contribution in [0.2, 0.25) is 0 Å². The monoisotopic (exact) mass is 1040 g/mol. The normalized spacial score (nSPS) is 11.7. The van der Waals surface area contributed by atoms with Crippen LogP contribution in [0.3, 0.4) is 0 Å². The number of aliphatic hydroxyl groups is 1. The van der Waals surface area contributed by atoms with Crippen LogP contribution < -0.4 is 0 Å². The van der Waals surface area contributed by atoms with Crippen molar-refractivity contribution in [2.75, 3.05) is 0 Å². The van der Waals surface area contributed by atoms with Crippen molar-refractivity contribution in [3.05, 3.63) is 322 Å². The Labute approximate surface area is 458 Å². The third-order valence-corrected chi connectivity index (χ3v) is 14.2. The van der Waals surface area contributed by atoms with E-state index in [0.29, 0.717) is 33.4 Å². The molecule has 0 bridgehead atoms. The van der Waals surface area contributed by atoms with Gasteiger partial charge in [-0.05, 0) is 20.8 Å². The van der Waals surface area contributed by atoms with Gasteiger partial charge >= 0.3 is 17.9 Å². The number of Topliss-reactive ketones (excluding diaryl/α,β-unsaturated/α-hetero) is 3. The highest BCUT2D eigenvalue weighted by Crippen LogP contribution is 2.47. The highest BCUT2D eigenvalue weighted by molar-refractivity contribution is 5.99. The lowest BCUT2D eigenvalue weighted by Gasteiger charge is -2.40. The number of ether oxygens (including phenoxy) is 3. The number of carbonyl (C=O) groups excluding carboxylic acids is 6. The molecule has 0 saturated carbocycles. The third kappa shape index (κ3) is 10.6. The van der Waals surface area contributed by atoms with Gasteiger partial charge in [0.2, 0.25) is 0 Å². The number of benzene rings is 9. The topological polar surface area (TPSA) is 150 Å². The second-order valence-corrected chi connectivity index (χ2v) is 19.3. The minimum Gasteiger partial charge on any atom is -0.444 e. The Bertz CT molecular complexity index is 3360. The number of carbonyl (C=O) groups is 6.